The Morgan fingerprint density at radius 2 is 1.77 bits per heavy atom. The quantitative estimate of drug-likeness (QED) is 0.349. The Hall–Kier alpha value is -3.33. The molecule has 0 radical (unpaired) electrons. The number of hydrogen-bond acceptors (Lipinski definition) is 5. The molecule has 1 aliphatic heterocycles. The Bertz CT molecular complexity index is 1380. The van der Waals surface area contributed by atoms with Crippen LogP contribution in [0.4, 0.5) is 13.2 Å². The Labute approximate surface area is 200 Å². The standard InChI is InChI=1S/C26H24F3N5O/c1-15-2-9-21-23(16-3-5-19(6-4-16)26(27,28)29)32-24(33-25(21)31-15)17-10-11-35-22(12-17)18-13-30-34(14-18)20-7-8-20/h2-6,9,13-14,17,20,22H,7-8,10-12H2,1H3/t17-,22+/m1/s1. The van der Waals surface area contributed by atoms with Crippen LogP contribution in [-0.2, 0) is 10.9 Å². The third-order valence-electron chi connectivity index (χ3n) is 6.77. The third kappa shape index (κ3) is 4.40. The van der Waals surface area contributed by atoms with Crippen molar-refractivity contribution < 1.29 is 17.9 Å². The molecule has 2 aliphatic rings. The van der Waals surface area contributed by atoms with Gasteiger partial charge in [-0.05, 0) is 56.9 Å². The van der Waals surface area contributed by atoms with Gasteiger partial charge in [0.05, 0.1) is 29.6 Å². The zero-order chi connectivity index (χ0) is 24.2. The lowest BCUT2D eigenvalue weighted by Gasteiger charge is -2.28. The van der Waals surface area contributed by atoms with E-state index in [9.17, 15) is 13.2 Å². The fourth-order valence-electron chi connectivity index (χ4n) is 4.66. The predicted molar refractivity (Wildman–Crippen MR) is 124 cm³/mol. The van der Waals surface area contributed by atoms with Crippen LogP contribution in [-0.4, -0.2) is 31.3 Å². The molecule has 2 atom stereocenters. The van der Waals surface area contributed by atoms with E-state index in [0.29, 0.717) is 47.2 Å². The summed E-state index contributed by atoms with van der Waals surface area (Å²) in [7, 11) is 0. The maximum atomic E-state index is 13.1. The smallest absolute Gasteiger partial charge is 0.373 e. The van der Waals surface area contributed by atoms with E-state index in [1.807, 2.05) is 29.9 Å². The molecule has 9 heteroatoms. The van der Waals surface area contributed by atoms with Crippen LogP contribution in [0.1, 0.15) is 66.4 Å². The summed E-state index contributed by atoms with van der Waals surface area (Å²) in [5, 5.41) is 5.21. The maximum Gasteiger partial charge on any atom is 0.416 e. The van der Waals surface area contributed by atoms with Gasteiger partial charge in [-0.25, -0.2) is 15.0 Å². The second kappa shape index (κ2) is 8.41. The number of nitrogens with zero attached hydrogens (tertiary/aromatic N) is 5. The van der Waals surface area contributed by atoms with E-state index in [-0.39, 0.29) is 12.0 Å². The van der Waals surface area contributed by atoms with Crippen molar-refractivity contribution in [1.82, 2.24) is 24.7 Å². The first-order valence-corrected chi connectivity index (χ1v) is 11.8. The van der Waals surface area contributed by atoms with E-state index < -0.39 is 11.7 Å². The Morgan fingerprint density at radius 3 is 2.51 bits per heavy atom. The summed E-state index contributed by atoms with van der Waals surface area (Å²) in [4.78, 5) is 14.3. The Morgan fingerprint density at radius 1 is 0.971 bits per heavy atom. The fourth-order valence-corrected chi connectivity index (χ4v) is 4.66. The monoisotopic (exact) mass is 479 g/mol. The van der Waals surface area contributed by atoms with Gasteiger partial charge in [-0.15, -0.1) is 0 Å². The number of rotatable bonds is 4. The molecule has 0 N–H and O–H groups in total. The van der Waals surface area contributed by atoms with Gasteiger partial charge in [0, 0.05) is 40.9 Å². The number of pyridine rings is 1. The molecule has 1 saturated carbocycles. The minimum atomic E-state index is -4.39. The minimum absolute atomic E-state index is 0.0398. The SMILES string of the molecule is Cc1ccc2c(-c3ccc(C(F)(F)F)cc3)nc([C@@H]3CCO[C@H](c4cnn(C5CC5)c4)C3)nc2n1. The second-order valence-electron chi connectivity index (χ2n) is 9.39. The number of aromatic nitrogens is 5. The van der Waals surface area contributed by atoms with Crippen molar-refractivity contribution in [1.29, 1.82) is 0 Å². The Balaban J connectivity index is 1.36. The topological polar surface area (TPSA) is 65.7 Å². The molecule has 4 heterocycles. The number of benzene rings is 1. The molecular formula is C26H24F3N5O. The van der Waals surface area contributed by atoms with Crippen LogP contribution in [0, 0.1) is 6.92 Å². The van der Waals surface area contributed by atoms with Crippen molar-refractivity contribution in [2.75, 3.05) is 6.61 Å². The summed E-state index contributed by atoms with van der Waals surface area (Å²) in [6.45, 7) is 2.46. The summed E-state index contributed by atoms with van der Waals surface area (Å²) in [5.41, 5.74) is 2.93. The van der Waals surface area contributed by atoms with Crippen molar-refractivity contribution in [2.45, 2.75) is 56.8 Å². The van der Waals surface area contributed by atoms with Crippen LogP contribution >= 0.6 is 0 Å². The van der Waals surface area contributed by atoms with Crippen LogP contribution in [0.15, 0.2) is 48.8 Å². The highest BCUT2D eigenvalue weighted by Crippen LogP contribution is 2.40. The van der Waals surface area contributed by atoms with E-state index in [0.717, 1.165) is 29.8 Å². The summed E-state index contributed by atoms with van der Waals surface area (Å²) in [5.74, 6) is 0.686. The number of halogens is 3. The zero-order valence-electron chi connectivity index (χ0n) is 19.2. The Kier molecular flexibility index (Phi) is 5.32. The fraction of sp³-hybridized carbons (Fsp3) is 0.385. The largest absolute Gasteiger partial charge is 0.416 e. The van der Waals surface area contributed by atoms with Gasteiger partial charge in [0.1, 0.15) is 5.82 Å². The molecule has 1 aliphatic carbocycles. The van der Waals surface area contributed by atoms with Gasteiger partial charge >= 0.3 is 6.18 Å². The number of fused-ring (bicyclic) bond motifs is 1. The van der Waals surface area contributed by atoms with Gasteiger partial charge in [-0.3, -0.25) is 4.68 Å². The van der Waals surface area contributed by atoms with Crippen molar-refractivity contribution >= 4 is 11.0 Å². The lowest BCUT2D eigenvalue weighted by molar-refractivity contribution is -0.137. The predicted octanol–water partition coefficient (Wildman–Crippen LogP) is 6.19. The molecule has 0 unspecified atom stereocenters. The van der Waals surface area contributed by atoms with E-state index in [1.54, 1.807) is 0 Å². The van der Waals surface area contributed by atoms with E-state index in [1.165, 1.54) is 25.0 Å². The van der Waals surface area contributed by atoms with Crippen molar-refractivity contribution in [3.8, 4) is 11.3 Å². The molecule has 180 valence electrons. The summed E-state index contributed by atoms with van der Waals surface area (Å²) < 4.78 is 47.4. The van der Waals surface area contributed by atoms with E-state index in [2.05, 4.69) is 16.3 Å². The molecule has 0 amide bonds. The van der Waals surface area contributed by atoms with Crippen LogP contribution in [0.25, 0.3) is 22.3 Å². The van der Waals surface area contributed by atoms with Crippen molar-refractivity contribution in [2.24, 2.45) is 0 Å². The van der Waals surface area contributed by atoms with Crippen LogP contribution in [0.5, 0.6) is 0 Å². The molecule has 6 nitrogen and oxygen atoms in total. The summed E-state index contributed by atoms with van der Waals surface area (Å²) in [6, 6.07) is 9.36. The first kappa shape index (κ1) is 22.2. The normalized spacial score (nSPS) is 20.9. The molecule has 4 aromatic rings. The molecule has 0 spiro atoms. The van der Waals surface area contributed by atoms with Crippen LogP contribution in [0.3, 0.4) is 0 Å². The number of ether oxygens (including phenoxy) is 1. The van der Waals surface area contributed by atoms with Gasteiger partial charge in [0.25, 0.3) is 0 Å². The molecule has 35 heavy (non-hydrogen) atoms. The summed E-state index contributed by atoms with van der Waals surface area (Å²) >= 11 is 0. The number of hydrogen-bond donors (Lipinski definition) is 0. The highest BCUT2D eigenvalue weighted by molar-refractivity contribution is 5.90. The summed E-state index contributed by atoms with van der Waals surface area (Å²) in [6.07, 6.45) is 3.27. The number of alkyl halides is 3. The lowest BCUT2D eigenvalue weighted by Crippen LogP contribution is -2.20. The minimum Gasteiger partial charge on any atom is -0.373 e. The van der Waals surface area contributed by atoms with Gasteiger partial charge in [0.15, 0.2) is 5.65 Å². The first-order chi connectivity index (χ1) is 16.8. The average molecular weight is 480 g/mol. The third-order valence-corrected chi connectivity index (χ3v) is 6.77. The van der Waals surface area contributed by atoms with E-state index in [4.69, 9.17) is 14.7 Å². The second-order valence-corrected chi connectivity index (χ2v) is 9.39. The number of aryl methyl sites for hydroxylation is 1. The van der Waals surface area contributed by atoms with Crippen molar-refractivity contribution in [3.05, 3.63) is 71.4 Å². The highest BCUT2D eigenvalue weighted by atomic mass is 19.4. The molecule has 1 saturated heterocycles. The average Bonchev–Trinajstić information content (AvgIpc) is 3.59. The maximum absolute atomic E-state index is 13.1. The first-order valence-electron chi connectivity index (χ1n) is 11.8. The molecule has 6 rings (SSSR count). The zero-order valence-corrected chi connectivity index (χ0v) is 19.2. The van der Waals surface area contributed by atoms with Gasteiger partial charge in [0.2, 0.25) is 0 Å². The highest BCUT2D eigenvalue weighted by Gasteiger charge is 2.32. The van der Waals surface area contributed by atoms with Gasteiger partial charge < -0.3 is 4.74 Å². The van der Waals surface area contributed by atoms with Crippen molar-refractivity contribution in [3.63, 3.8) is 0 Å². The van der Waals surface area contributed by atoms with Crippen LogP contribution in [0.2, 0.25) is 0 Å². The molecule has 2 fully saturated rings. The van der Waals surface area contributed by atoms with Gasteiger partial charge in [-0.2, -0.15) is 18.3 Å². The van der Waals surface area contributed by atoms with Gasteiger partial charge in [-0.1, -0.05) is 12.1 Å². The molecule has 1 aromatic carbocycles. The molecule has 3 aromatic heterocycles. The molecule has 0 bridgehead atoms. The van der Waals surface area contributed by atoms with E-state index >= 15 is 0 Å². The molecular weight excluding hydrogens is 455 g/mol. The lowest BCUT2D eigenvalue weighted by atomic mass is 9.92. The van der Waals surface area contributed by atoms with Crippen LogP contribution < -0.4 is 0 Å².